The number of guanidine groups is 1. The van der Waals surface area contributed by atoms with E-state index in [0.717, 1.165) is 0 Å². The molecule has 1 unspecified atom stereocenters. The van der Waals surface area contributed by atoms with Gasteiger partial charge in [-0.2, -0.15) is 0 Å². The van der Waals surface area contributed by atoms with Crippen LogP contribution in [0.4, 0.5) is 0 Å². The quantitative estimate of drug-likeness (QED) is 0.279. The van der Waals surface area contributed by atoms with Crippen molar-refractivity contribution in [1.29, 1.82) is 5.41 Å². The van der Waals surface area contributed by atoms with Crippen LogP contribution in [-0.4, -0.2) is 36.0 Å². The van der Waals surface area contributed by atoms with Crippen molar-refractivity contribution in [2.75, 3.05) is 20.2 Å². The van der Waals surface area contributed by atoms with E-state index in [1.807, 2.05) is 0 Å². The summed E-state index contributed by atoms with van der Waals surface area (Å²) in [6, 6.07) is 0. The number of hydrogen-bond donors (Lipinski definition) is 3. The van der Waals surface area contributed by atoms with Gasteiger partial charge in [-0.1, -0.05) is 0 Å². The maximum atomic E-state index is 10.0. The van der Waals surface area contributed by atoms with Gasteiger partial charge in [0, 0.05) is 13.6 Å². The van der Waals surface area contributed by atoms with Gasteiger partial charge in [-0.25, -0.2) is 0 Å². The van der Waals surface area contributed by atoms with Crippen molar-refractivity contribution < 1.29 is 18.9 Å². The highest BCUT2D eigenvalue weighted by Gasteiger charge is 2.03. The highest BCUT2D eigenvalue weighted by Crippen LogP contribution is 2.29. The second-order valence-electron chi connectivity index (χ2n) is 2.11. The number of rotatable bonds is 4. The van der Waals surface area contributed by atoms with Crippen molar-refractivity contribution in [3.05, 3.63) is 0 Å². The van der Waals surface area contributed by atoms with Gasteiger partial charge in [-0.05, 0) is 0 Å². The van der Waals surface area contributed by atoms with Crippen LogP contribution in [0.3, 0.4) is 0 Å². The highest BCUT2D eigenvalue weighted by atomic mass is 31.2. The zero-order valence-corrected chi connectivity index (χ0v) is 7.45. The average molecular weight is 196 g/mol. The van der Waals surface area contributed by atoms with Crippen molar-refractivity contribution in [3.8, 4) is 0 Å². The third-order valence-electron chi connectivity index (χ3n) is 1.09. The zero-order chi connectivity index (χ0) is 9.78. The van der Waals surface area contributed by atoms with Gasteiger partial charge in [-0.15, -0.1) is 0 Å². The second kappa shape index (κ2) is 4.42. The van der Waals surface area contributed by atoms with E-state index in [0.29, 0.717) is 0 Å². The molecule has 4 N–H and O–H groups in total. The molecule has 0 aliphatic heterocycles. The molecule has 0 spiro atoms. The molecule has 0 saturated carbocycles. The molecular weight excluding hydrogens is 185 g/mol. The molecule has 72 valence electrons. The highest BCUT2D eigenvalue weighted by molar-refractivity contribution is 7.44. The summed E-state index contributed by atoms with van der Waals surface area (Å²) in [6.45, 7) is -0.102. The number of phosphoric acid groups is 1. The van der Waals surface area contributed by atoms with Crippen molar-refractivity contribution in [2.24, 2.45) is 5.73 Å². The van der Waals surface area contributed by atoms with Crippen LogP contribution in [0.15, 0.2) is 0 Å². The number of likely N-dealkylation sites (N-methyl/N-ethyl adjacent to an activating group) is 1. The minimum absolute atomic E-state index is 0.127. The summed E-state index contributed by atoms with van der Waals surface area (Å²) in [5, 5.41) is 6.87. The first-order valence-electron chi connectivity index (χ1n) is 3.06. The van der Waals surface area contributed by atoms with Gasteiger partial charge in [0.05, 0.1) is 6.61 Å². The summed E-state index contributed by atoms with van der Waals surface area (Å²) in [6.07, 6.45) is 0. The molecule has 8 heteroatoms. The molecule has 1 atom stereocenters. The molecule has 0 aromatic rings. The largest absolute Gasteiger partial charge is 0.756 e. The minimum atomic E-state index is -4.64. The molecule has 12 heavy (non-hydrogen) atoms. The monoisotopic (exact) mass is 196 g/mol. The molecule has 0 amide bonds. The van der Waals surface area contributed by atoms with E-state index in [2.05, 4.69) is 4.52 Å². The lowest BCUT2D eigenvalue weighted by Crippen LogP contribution is -2.35. The summed E-state index contributed by atoms with van der Waals surface area (Å²) in [4.78, 5) is 19.5. The maximum absolute atomic E-state index is 10.0. The summed E-state index contributed by atoms with van der Waals surface area (Å²) in [5.41, 5.74) is 5.03. The van der Waals surface area contributed by atoms with Crippen molar-refractivity contribution in [2.45, 2.75) is 0 Å². The molecule has 0 aliphatic carbocycles. The summed E-state index contributed by atoms with van der Waals surface area (Å²) < 4.78 is 14.1. The normalized spacial score (nSPS) is 15.2. The van der Waals surface area contributed by atoms with Gasteiger partial charge in [0.25, 0.3) is 7.82 Å². The van der Waals surface area contributed by atoms with Crippen LogP contribution in [-0.2, 0) is 9.09 Å². The van der Waals surface area contributed by atoms with Gasteiger partial charge in [0.1, 0.15) is 0 Å². The van der Waals surface area contributed by atoms with Crippen LogP contribution in [0.25, 0.3) is 0 Å². The van der Waals surface area contributed by atoms with Gasteiger partial charge in [0.15, 0.2) is 5.96 Å². The first-order chi connectivity index (χ1) is 5.33. The smallest absolute Gasteiger partial charge is 0.265 e. The first-order valence-corrected chi connectivity index (χ1v) is 4.56. The van der Waals surface area contributed by atoms with Crippen LogP contribution < -0.4 is 10.6 Å². The van der Waals surface area contributed by atoms with E-state index in [1.54, 1.807) is 0 Å². The molecular formula is C4H11N3O4P-. The van der Waals surface area contributed by atoms with Crippen molar-refractivity contribution in [3.63, 3.8) is 0 Å². The minimum Gasteiger partial charge on any atom is -0.756 e. The lowest BCUT2D eigenvalue weighted by Gasteiger charge is -2.19. The van der Waals surface area contributed by atoms with Crippen LogP contribution in [0.1, 0.15) is 0 Å². The Balaban J connectivity index is 3.58. The van der Waals surface area contributed by atoms with E-state index < -0.39 is 7.82 Å². The van der Waals surface area contributed by atoms with Gasteiger partial charge < -0.3 is 24.9 Å². The maximum Gasteiger partial charge on any atom is 0.265 e. The fourth-order valence-corrected chi connectivity index (χ4v) is 0.726. The molecule has 0 radical (unpaired) electrons. The lowest BCUT2D eigenvalue weighted by atomic mass is 10.6. The van der Waals surface area contributed by atoms with E-state index >= 15 is 0 Å². The molecule has 0 aromatic heterocycles. The first kappa shape index (κ1) is 11.4. The van der Waals surface area contributed by atoms with Crippen LogP contribution in [0, 0.1) is 5.41 Å². The molecule has 0 aromatic carbocycles. The Morgan fingerprint density at radius 1 is 1.92 bits per heavy atom. The van der Waals surface area contributed by atoms with Gasteiger partial charge in [-0.3, -0.25) is 9.97 Å². The van der Waals surface area contributed by atoms with Gasteiger partial charge in [0.2, 0.25) is 0 Å². The van der Waals surface area contributed by atoms with E-state index in [-0.39, 0.29) is 19.1 Å². The van der Waals surface area contributed by atoms with Crippen molar-refractivity contribution in [1.82, 2.24) is 4.90 Å². The standard InChI is InChI=1S/C4H12N3O4P/c1-7(4(5)6)2-3-11-12(8,9)10/h2-3H2,1H3,(H3,5,6)(H2,8,9,10)/p-1. The second-order valence-corrected chi connectivity index (χ2v) is 3.30. The summed E-state index contributed by atoms with van der Waals surface area (Å²) >= 11 is 0. The van der Waals surface area contributed by atoms with E-state index in [9.17, 15) is 9.46 Å². The molecule has 0 bridgehead atoms. The fraction of sp³-hybridized carbons (Fsp3) is 0.750. The SMILES string of the molecule is CN(CCOP(=O)([O-])O)C(=N)N. The third-order valence-corrected chi connectivity index (χ3v) is 1.60. The zero-order valence-electron chi connectivity index (χ0n) is 6.56. The molecule has 0 aliphatic rings. The van der Waals surface area contributed by atoms with Gasteiger partial charge >= 0.3 is 0 Å². The molecule has 0 fully saturated rings. The number of hydrogen-bond acceptors (Lipinski definition) is 4. The Labute approximate surface area is 69.9 Å². The number of nitrogens with zero attached hydrogens (tertiary/aromatic N) is 1. The Kier molecular flexibility index (Phi) is 4.19. The Bertz CT molecular complexity index is 202. The topological polar surface area (TPSA) is 123 Å². The third kappa shape index (κ3) is 6.11. The van der Waals surface area contributed by atoms with E-state index in [4.69, 9.17) is 16.0 Å². The Morgan fingerprint density at radius 3 is 2.75 bits per heavy atom. The predicted molar refractivity (Wildman–Crippen MR) is 40.3 cm³/mol. The molecule has 7 nitrogen and oxygen atoms in total. The predicted octanol–water partition coefficient (Wildman–Crippen LogP) is -1.71. The number of nitrogens with one attached hydrogen (secondary N) is 1. The molecule has 0 heterocycles. The average Bonchev–Trinajstić information content (AvgIpc) is 1.84. The fourth-order valence-electron chi connectivity index (χ4n) is 0.414. The summed E-state index contributed by atoms with van der Waals surface area (Å²) in [5.74, 6) is -0.197. The van der Waals surface area contributed by atoms with Crippen LogP contribution in [0.2, 0.25) is 0 Å². The van der Waals surface area contributed by atoms with Crippen LogP contribution >= 0.6 is 7.82 Å². The Morgan fingerprint density at radius 2 is 2.42 bits per heavy atom. The number of phosphoric ester groups is 1. The number of nitrogens with two attached hydrogens (primary N) is 1. The van der Waals surface area contributed by atoms with E-state index in [1.165, 1.54) is 11.9 Å². The lowest BCUT2D eigenvalue weighted by molar-refractivity contribution is -0.219. The Hall–Kier alpha value is -0.620. The molecule has 0 saturated heterocycles. The van der Waals surface area contributed by atoms with Crippen molar-refractivity contribution >= 4 is 13.8 Å². The van der Waals surface area contributed by atoms with Crippen LogP contribution in [0.5, 0.6) is 0 Å². The summed E-state index contributed by atoms with van der Waals surface area (Å²) in [7, 11) is -3.14. The molecule has 0 rings (SSSR count).